The fourth-order valence-corrected chi connectivity index (χ4v) is 1.56. The van der Waals surface area contributed by atoms with Crippen LogP contribution in [-0.4, -0.2) is 23.6 Å². The van der Waals surface area contributed by atoms with E-state index in [1.807, 2.05) is 26.0 Å². The van der Waals surface area contributed by atoms with Gasteiger partial charge in [-0.15, -0.1) is 0 Å². The highest BCUT2D eigenvalue weighted by Crippen LogP contribution is 2.17. The van der Waals surface area contributed by atoms with Crippen molar-refractivity contribution >= 4 is 5.91 Å². The van der Waals surface area contributed by atoms with Crippen LogP contribution in [0.1, 0.15) is 44.5 Å². The summed E-state index contributed by atoms with van der Waals surface area (Å²) < 4.78 is 5.17. The standard InChI is InChI=1S/C14H22N2O2/c1-6-11(12-9-10(2)7-8-15-12)16-13(17)14(3,4)18-5/h7-9,11H,6H2,1-5H3,(H,16,17)/t11-/m0/s1. The van der Waals surface area contributed by atoms with Crippen LogP contribution in [0.5, 0.6) is 0 Å². The highest BCUT2D eigenvalue weighted by Gasteiger charge is 2.29. The Kier molecular flexibility index (Phi) is 4.84. The maximum atomic E-state index is 12.1. The average Bonchev–Trinajstić information content (AvgIpc) is 2.35. The lowest BCUT2D eigenvalue weighted by Gasteiger charge is -2.25. The van der Waals surface area contributed by atoms with Gasteiger partial charge < -0.3 is 10.1 Å². The first kappa shape index (κ1) is 14.6. The van der Waals surface area contributed by atoms with Gasteiger partial charge in [-0.25, -0.2) is 0 Å². The number of aromatic nitrogens is 1. The Hall–Kier alpha value is -1.42. The zero-order chi connectivity index (χ0) is 13.8. The highest BCUT2D eigenvalue weighted by molar-refractivity contribution is 5.84. The highest BCUT2D eigenvalue weighted by atomic mass is 16.5. The summed E-state index contributed by atoms with van der Waals surface area (Å²) in [4.78, 5) is 16.4. The zero-order valence-corrected chi connectivity index (χ0v) is 11.8. The summed E-state index contributed by atoms with van der Waals surface area (Å²) in [6.45, 7) is 7.53. The minimum absolute atomic E-state index is 0.0770. The smallest absolute Gasteiger partial charge is 0.252 e. The maximum Gasteiger partial charge on any atom is 0.252 e. The lowest BCUT2D eigenvalue weighted by molar-refractivity contribution is -0.140. The number of rotatable bonds is 5. The second-order valence-electron chi connectivity index (χ2n) is 4.91. The van der Waals surface area contributed by atoms with Gasteiger partial charge in [0.2, 0.25) is 0 Å². The van der Waals surface area contributed by atoms with Gasteiger partial charge in [0.15, 0.2) is 0 Å². The molecule has 0 aliphatic carbocycles. The fourth-order valence-electron chi connectivity index (χ4n) is 1.56. The van der Waals surface area contributed by atoms with E-state index in [1.54, 1.807) is 20.0 Å². The van der Waals surface area contributed by atoms with Gasteiger partial charge in [0.1, 0.15) is 5.60 Å². The van der Waals surface area contributed by atoms with Gasteiger partial charge in [-0.05, 0) is 44.9 Å². The molecule has 0 saturated heterocycles. The molecule has 0 saturated carbocycles. The summed E-state index contributed by atoms with van der Waals surface area (Å²) in [5, 5.41) is 2.97. The van der Waals surface area contributed by atoms with Gasteiger partial charge in [-0.3, -0.25) is 9.78 Å². The molecule has 0 bridgehead atoms. The van der Waals surface area contributed by atoms with Crippen molar-refractivity contribution in [3.8, 4) is 0 Å². The van der Waals surface area contributed by atoms with E-state index in [9.17, 15) is 4.79 Å². The fraction of sp³-hybridized carbons (Fsp3) is 0.571. The number of nitrogens with one attached hydrogen (secondary N) is 1. The SMILES string of the molecule is CC[C@H](NC(=O)C(C)(C)OC)c1cc(C)ccn1. The Morgan fingerprint density at radius 1 is 1.56 bits per heavy atom. The monoisotopic (exact) mass is 250 g/mol. The van der Waals surface area contributed by atoms with Crippen LogP contribution in [0.4, 0.5) is 0 Å². The molecular weight excluding hydrogens is 228 g/mol. The number of hydrogen-bond acceptors (Lipinski definition) is 3. The van der Waals surface area contributed by atoms with E-state index in [0.717, 1.165) is 17.7 Å². The third-order valence-corrected chi connectivity index (χ3v) is 3.06. The second-order valence-corrected chi connectivity index (χ2v) is 4.91. The minimum atomic E-state index is -0.822. The summed E-state index contributed by atoms with van der Waals surface area (Å²) >= 11 is 0. The quantitative estimate of drug-likeness (QED) is 0.873. The number of ether oxygens (including phenoxy) is 1. The van der Waals surface area contributed by atoms with Crippen molar-refractivity contribution in [3.05, 3.63) is 29.6 Å². The van der Waals surface area contributed by atoms with Crippen LogP contribution < -0.4 is 5.32 Å². The van der Waals surface area contributed by atoms with Crippen molar-refractivity contribution in [1.82, 2.24) is 10.3 Å². The lowest BCUT2D eigenvalue weighted by Crippen LogP contribution is -2.45. The van der Waals surface area contributed by atoms with Crippen LogP contribution in [0.2, 0.25) is 0 Å². The van der Waals surface area contributed by atoms with E-state index in [2.05, 4.69) is 10.3 Å². The molecule has 18 heavy (non-hydrogen) atoms. The number of hydrogen-bond donors (Lipinski definition) is 1. The molecule has 1 rings (SSSR count). The molecule has 0 spiro atoms. The van der Waals surface area contributed by atoms with Crippen molar-refractivity contribution in [2.45, 2.75) is 45.8 Å². The zero-order valence-electron chi connectivity index (χ0n) is 11.8. The van der Waals surface area contributed by atoms with Crippen LogP contribution in [0.3, 0.4) is 0 Å². The molecule has 1 aromatic rings. The van der Waals surface area contributed by atoms with Gasteiger partial charge in [-0.2, -0.15) is 0 Å². The Morgan fingerprint density at radius 2 is 2.22 bits per heavy atom. The molecule has 0 aliphatic rings. The summed E-state index contributed by atoms with van der Waals surface area (Å²) in [5.74, 6) is -0.125. The first-order valence-electron chi connectivity index (χ1n) is 6.19. The van der Waals surface area contributed by atoms with Gasteiger partial charge in [-0.1, -0.05) is 6.92 Å². The number of pyridine rings is 1. The molecule has 0 radical (unpaired) electrons. The first-order valence-corrected chi connectivity index (χ1v) is 6.19. The molecular formula is C14H22N2O2. The summed E-state index contributed by atoms with van der Waals surface area (Å²) in [6, 6.07) is 3.86. The minimum Gasteiger partial charge on any atom is -0.369 e. The molecule has 0 aromatic carbocycles. The number of methoxy groups -OCH3 is 1. The Balaban J connectivity index is 2.83. The van der Waals surface area contributed by atoms with E-state index >= 15 is 0 Å². The predicted molar refractivity (Wildman–Crippen MR) is 71.2 cm³/mol. The molecule has 1 heterocycles. The largest absolute Gasteiger partial charge is 0.369 e. The topological polar surface area (TPSA) is 51.2 Å². The van der Waals surface area contributed by atoms with E-state index in [4.69, 9.17) is 4.74 Å². The molecule has 4 heteroatoms. The normalized spacial score (nSPS) is 13.2. The van der Waals surface area contributed by atoms with Crippen LogP contribution in [0.15, 0.2) is 18.3 Å². The Labute approximate surface area is 109 Å². The molecule has 0 aliphatic heterocycles. The van der Waals surface area contributed by atoms with E-state index in [1.165, 1.54) is 7.11 Å². The maximum absolute atomic E-state index is 12.1. The van der Waals surface area contributed by atoms with E-state index < -0.39 is 5.60 Å². The van der Waals surface area contributed by atoms with Crippen molar-refractivity contribution < 1.29 is 9.53 Å². The van der Waals surface area contributed by atoms with Gasteiger partial charge >= 0.3 is 0 Å². The molecule has 1 aromatic heterocycles. The second kappa shape index (κ2) is 5.96. The molecule has 1 N–H and O–H groups in total. The van der Waals surface area contributed by atoms with Crippen molar-refractivity contribution in [3.63, 3.8) is 0 Å². The number of aryl methyl sites for hydroxylation is 1. The van der Waals surface area contributed by atoms with Gasteiger partial charge in [0, 0.05) is 13.3 Å². The van der Waals surface area contributed by atoms with E-state index in [-0.39, 0.29) is 11.9 Å². The van der Waals surface area contributed by atoms with Crippen LogP contribution in [0, 0.1) is 6.92 Å². The van der Waals surface area contributed by atoms with Gasteiger partial charge in [0.05, 0.1) is 11.7 Å². The van der Waals surface area contributed by atoms with Crippen LogP contribution in [0.25, 0.3) is 0 Å². The van der Waals surface area contributed by atoms with Crippen molar-refractivity contribution in [2.75, 3.05) is 7.11 Å². The first-order chi connectivity index (χ1) is 8.40. The molecule has 100 valence electrons. The molecule has 1 amide bonds. The summed E-state index contributed by atoms with van der Waals surface area (Å²) in [6.07, 6.45) is 2.56. The van der Waals surface area contributed by atoms with Crippen molar-refractivity contribution in [1.29, 1.82) is 0 Å². The number of carbonyl (C=O) groups excluding carboxylic acids is 1. The lowest BCUT2D eigenvalue weighted by atomic mass is 10.0. The number of nitrogens with zero attached hydrogens (tertiary/aromatic N) is 1. The summed E-state index contributed by atoms with van der Waals surface area (Å²) in [5.41, 5.74) is 1.20. The Morgan fingerprint density at radius 3 is 2.72 bits per heavy atom. The number of amides is 1. The number of carbonyl (C=O) groups is 1. The predicted octanol–water partition coefficient (Wildman–Crippen LogP) is 2.38. The van der Waals surface area contributed by atoms with Crippen LogP contribution in [-0.2, 0) is 9.53 Å². The molecule has 1 atom stereocenters. The Bertz CT molecular complexity index is 416. The third kappa shape index (κ3) is 3.53. The van der Waals surface area contributed by atoms with Crippen molar-refractivity contribution in [2.24, 2.45) is 0 Å². The molecule has 4 nitrogen and oxygen atoms in total. The van der Waals surface area contributed by atoms with E-state index in [0.29, 0.717) is 0 Å². The van der Waals surface area contributed by atoms with Gasteiger partial charge in [0.25, 0.3) is 5.91 Å². The third-order valence-electron chi connectivity index (χ3n) is 3.06. The van der Waals surface area contributed by atoms with Crippen LogP contribution >= 0.6 is 0 Å². The summed E-state index contributed by atoms with van der Waals surface area (Å²) in [7, 11) is 1.53. The average molecular weight is 250 g/mol. The molecule has 0 fully saturated rings. The molecule has 0 unspecified atom stereocenters.